The summed E-state index contributed by atoms with van der Waals surface area (Å²) in [6.45, 7) is 8.76. The van der Waals surface area contributed by atoms with E-state index in [2.05, 4.69) is 56.0 Å². The first kappa shape index (κ1) is 15.4. The molecule has 2 atom stereocenters. The smallest absolute Gasteiger partial charge is 0.0526 e. The van der Waals surface area contributed by atoms with Gasteiger partial charge in [-0.25, -0.2) is 0 Å². The zero-order valence-electron chi connectivity index (χ0n) is 13.3. The third-order valence-corrected chi connectivity index (χ3v) is 5.14. The zero-order chi connectivity index (χ0) is 14.6. The van der Waals surface area contributed by atoms with Crippen LogP contribution in [0, 0.1) is 11.8 Å². The summed E-state index contributed by atoms with van der Waals surface area (Å²) in [7, 11) is 0. The van der Waals surface area contributed by atoms with E-state index in [1.807, 2.05) is 0 Å². The van der Waals surface area contributed by atoms with E-state index in [1.165, 1.54) is 31.4 Å². The minimum atomic E-state index is 0.156. The van der Waals surface area contributed by atoms with Gasteiger partial charge in [-0.1, -0.05) is 44.9 Å². The lowest BCUT2D eigenvalue weighted by molar-refractivity contribution is 0.179. The van der Waals surface area contributed by atoms with Gasteiger partial charge in [0, 0.05) is 18.8 Å². The Bertz CT molecular complexity index is 401. The molecule has 0 saturated heterocycles. The van der Waals surface area contributed by atoms with E-state index in [4.69, 9.17) is 5.73 Å². The molecule has 1 fully saturated rings. The molecule has 1 aromatic carbocycles. The molecule has 0 aliphatic heterocycles. The van der Waals surface area contributed by atoms with Gasteiger partial charge >= 0.3 is 0 Å². The molecule has 0 amide bonds. The molecule has 2 heteroatoms. The van der Waals surface area contributed by atoms with Crippen LogP contribution in [-0.2, 0) is 0 Å². The number of hydrogen-bond donors (Lipinski definition) is 1. The van der Waals surface area contributed by atoms with Crippen molar-refractivity contribution in [2.45, 2.75) is 52.0 Å². The van der Waals surface area contributed by atoms with E-state index in [0.717, 1.165) is 24.9 Å². The Balaban J connectivity index is 2.28. The Kier molecular flexibility index (Phi) is 5.09. The second-order valence-corrected chi connectivity index (χ2v) is 6.61. The number of likely N-dealkylation sites (N-methyl/N-ethyl adjacent to an activating group) is 1. The molecule has 2 nitrogen and oxygen atoms in total. The maximum absolute atomic E-state index is 6.27. The third kappa shape index (κ3) is 3.01. The lowest BCUT2D eigenvalue weighted by atomic mass is 9.70. The molecule has 0 aromatic heterocycles. The summed E-state index contributed by atoms with van der Waals surface area (Å²) in [5.74, 6) is 1.57. The van der Waals surface area contributed by atoms with E-state index in [0.29, 0.717) is 0 Å². The first-order valence-corrected chi connectivity index (χ1v) is 8.15. The molecule has 0 radical (unpaired) electrons. The van der Waals surface area contributed by atoms with Crippen LogP contribution in [0.2, 0.25) is 0 Å². The van der Waals surface area contributed by atoms with Gasteiger partial charge in [-0.15, -0.1) is 0 Å². The lowest BCUT2D eigenvalue weighted by Gasteiger charge is -2.50. The van der Waals surface area contributed by atoms with Crippen LogP contribution in [0.5, 0.6) is 0 Å². The topological polar surface area (TPSA) is 29.3 Å². The number of para-hydroxylation sites is 1. The van der Waals surface area contributed by atoms with Crippen molar-refractivity contribution < 1.29 is 0 Å². The number of rotatable bonds is 5. The molecule has 0 heterocycles. The highest BCUT2D eigenvalue weighted by atomic mass is 15.2. The number of anilines is 1. The highest BCUT2D eigenvalue weighted by molar-refractivity contribution is 5.49. The van der Waals surface area contributed by atoms with Crippen molar-refractivity contribution in [3.05, 3.63) is 30.3 Å². The maximum Gasteiger partial charge on any atom is 0.0526 e. The molecule has 1 saturated carbocycles. The minimum absolute atomic E-state index is 0.156. The van der Waals surface area contributed by atoms with Gasteiger partial charge in [0.1, 0.15) is 0 Å². The summed E-state index contributed by atoms with van der Waals surface area (Å²) >= 11 is 0. The molecule has 0 bridgehead atoms. The van der Waals surface area contributed by atoms with E-state index < -0.39 is 0 Å². The van der Waals surface area contributed by atoms with Crippen LogP contribution in [-0.4, -0.2) is 18.6 Å². The van der Waals surface area contributed by atoms with Crippen molar-refractivity contribution in [2.75, 3.05) is 18.0 Å². The standard InChI is InChI=1S/C18H30N2/c1-4-20(17-10-6-5-7-11-17)18(14-19)12-8-9-16(13-18)15(2)3/h5-7,10-11,15-16H,4,8-9,12-14,19H2,1-3H3. The van der Waals surface area contributed by atoms with Gasteiger partial charge in [-0.05, 0) is 43.7 Å². The van der Waals surface area contributed by atoms with Crippen molar-refractivity contribution in [2.24, 2.45) is 17.6 Å². The second-order valence-electron chi connectivity index (χ2n) is 6.61. The van der Waals surface area contributed by atoms with Crippen molar-refractivity contribution in [3.63, 3.8) is 0 Å². The average Bonchev–Trinajstić information content (AvgIpc) is 2.49. The average molecular weight is 274 g/mol. The van der Waals surface area contributed by atoms with Crippen LogP contribution in [0.3, 0.4) is 0 Å². The monoisotopic (exact) mass is 274 g/mol. The molecule has 1 aliphatic carbocycles. The van der Waals surface area contributed by atoms with Gasteiger partial charge in [0.25, 0.3) is 0 Å². The van der Waals surface area contributed by atoms with Gasteiger partial charge < -0.3 is 10.6 Å². The summed E-state index contributed by atoms with van der Waals surface area (Å²) in [5, 5.41) is 0. The van der Waals surface area contributed by atoms with E-state index in [-0.39, 0.29) is 5.54 Å². The van der Waals surface area contributed by atoms with Crippen LogP contribution < -0.4 is 10.6 Å². The molecule has 1 aliphatic rings. The largest absolute Gasteiger partial charge is 0.365 e. The van der Waals surface area contributed by atoms with Gasteiger partial charge in [0.05, 0.1) is 5.54 Å². The van der Waals surface area contributed by atoms with Crippen molar-refractivity contribution in [1.82, 2.24) is 0 Å². The van der Waals surface area contributed by atoms with Gasteiger partial charge in [-0.2, -0.15) is 0 Å². The number of benzene rings is 1. The molecular weight excluding hydrogens is 244 g/mol. The quantitative estimate of drug-likeness (QED) is 0.877. The predicted octanol–water partition coefficient (Wildman–Crippen LogP) is 4.06. The lowest BCUT2D eigenvalue weighted by Crippen LogP contribution is -2.57. The number of nitrogens with two attached hydrogens (primary N) is 1. The molecular formula is C18H30N2. The molecule has 2 N–H and O–H groups in total. The predicted molar refractivity (Wildman–Crippen MR) is 88.0 cm³/mol. The SMILES string of the molecule is CCN(c1ccccc1)C1(CN)CCCC(C(C)C)C1. The van der Waals surface area contributed by atoms with Crippen molar-refractivity contribution in [3.8, 4) is 0 Å². The van der Waals surface area contributed by atoms with Gasteiger partial charge in [0.15, 0.2) is 0 Å². The van der Waals surface area contributed by atoms with E-state index >= 15 is 0 Å². The fourth-order valence-electron chi connectivity index (χ4n) is 3.90. The summed E-state index contributed by atoms with van der Waals surface area (Å²) in [6, 6.07) is 10.8. The first-order valence-electron chi connectivity index (χ1n) is 8.15. The summed E-state index contributed by atoms with van der Waals surface area (Å²) in [4.78, 5) is 2.56. The Labute approximate surface area is 124 Å². The van der Waals surface area contributed by atoms with Crippen LogP contribution in [0.15, 0.2) is 30.3 Å². The van der Waals surface area contributed by atoms with E-state index in [1.54, 1.807) is 0 Å². The summed E-state index contributed by atoms with van der Waals surface area (Å²) in [5.41, 5.74) is 7.75. The first-order chi connectivity index (χ1) is 9.63. The summed E-state index contributed by atoms with van der Waals surface area (Å²) in [6.07, 6.45) is 5.15. The molecule has 20 heavy (non-hydrogen) atoms. The fourth-order valence-corrected chi connectivity index (χ4v) is 3.90. The Morgan fingerprint density at radius 1 is 1.30 bits per heavy atom. The minimum Gasteiger partial charge on any atom is -0.365 e. The normalized spacial score (nSPS) is 26.8. The number of nitrogens with zero attached hydrogens (tertiary/aromatic N) is 1. The Hall–Kier alpha value is -1.02. The molecule has 0 spiro atoms. The van der Waals surface area contributed by atoms with Crippen LogP contribution >= 0.6 is 0 Å². The Morgan fingerprint density at radius 2 is 2.00 bits per heavy atom. The Morgan fingerprint density at radius 3 is 2.55 bits per heavy atom. The second kappa shape index (κ2) is 6.62. The summed E-state index contributed by atoms with van der Waals surface area (Å²) < 4.78 is 0. The van der Waals surface area contributed by atoms with Crippen LogP contribution in [0.4, 0.5) is 5.69 Å². The zero-order valence-corrected chi connectivity index (χ0v) is 13.3. The highest BCUT2D eigenvalue weighted by Crippen LogP contribution is 2.41. The molecule has 112 valence electrons. The third-order valence-electron chi connectivity index (χ3n) is 5.14. The maximum atomic E-state index is 6.27. The van der Waals surface area contributed by atoms with Gasteiger partial charge in [0.2, 0.25) is 0 Å². The van der Waals surface area contributed by atoms with Crippen molar-refractivity contribution in [1.29, 1.82) is 0 Å². The van der Waals surface area contributed by atoms with Crippen LogP contribution in [0.25, 0.3) is 0 Å². The number of hydrogen-bond acceptors (Lipinski definition) is 2. The molecule has 2 rings (SSSR count). The van der Waals surface area contributed by atoms with Crippen LogP contribution in [0.1, 0.15) is 46.5 Å². The van der Waals surface area contributed by atoms with E-state index in [9.17, 15) is 0 Å². The fraction of sp³-hybridized carbons (Fsp3) is 0.667. The molecule has 1 aromatic rings. The molecule has 2 unspecified atom stereocenters. The van der Waals surface area contributed by atoms with Crippen molar-refractivity contribution >= 4 is 5.69 Å². The highest BCUT2D eigenvalue weighted by Gasteiger charge is 2.40. The van der Waals surface area contributed by atoms with Gasteiger partial charge in [-0.3, -0.25) is 0 Å².